The summed E-state index contributed by atoms with van der Waals surface area (Å²) in [6.45, 7) is -0.604. The molecule has 1 unspecified atom stereocenters. The number of amides is 2. The lowest BCUT2D eigenvalue weighted by Gasteiger charge is -2.32. The van der Waals surface area contributed by atoms with Crippen molar-refractivity contribution in [3.8, 4) is 0 Å². The number of methoxy groups -OCH3 is 1. The molecule has 208 valence electrons. The van der Waals surface area contributed by atoms with Gasteiger partial charge in [0.05, 0.1) is 4.90 Å². The summed E-state index contributed by atoms with van der Waals surface area (Å²) in [6.07, 6.45) is -12.2. The number of alkyl halides is 6. The van der Waals surface area contributed by atoms with E-state index in [0.717, 1.165) is 17.0 Å². The molecule has 16 heteroatoms. The van der Waals surface area contributed by atoms with Gasteiger partial charge in [-0.05, 0) is 42.4 Å². The van der Waals surface area contributed by atoms with Crippen LogP contribution in [0.4, 0.5) is 32.0 Å². The van der Waals surface area contributed by atoms with Gasteiger partial charge in [0.1, 0.15) is 12.6 Å². The number of anilines is 1. The van der Waals surface area contributed by atoms with Crippen LogP contribution in [0.1, 0.15) is 22.7 Å². The number of fused-ring (bicyclic) bond motifs is 1. The second kappa shape index (κ2) is 10.2. The van der Waals surface area contributed by atoms with Gasteiger partial charge in [-0.3, -0.25) is 9.59 Å². The molecule has 9 nitrogen and oxygen atoms in total. The minimum absolute atomic E-state index is 0.128. The number of nitrogens with one attached hydrogen (secondary N) is 2. The molecule has 1 aliphatic rings. The average Bonchev–Trinajstić information content (AvgIpc) is 3.22. The lowest BCUT2D eigenvalue weighted by molar-refractivity contribution is -0.376. The Labute approximate surface area is 212 Å². The summed E-state index contributed by atoms with van der Waals surface area (Å²) in [5, 5.41) is 11.8. The number of rotatable bonds is 7. The van der Waals surface area contributed by atoms with Gasteiger partial charge >= 0.3 is 12.4 Å². The van der Waals surface area contributed by atoms with Gasteiger partial charge < -0.3 is 20.1 Å². The van der Waals surface area contributed by atoms with E-state index in [4.69, 9.17) is 4.74 Å². The first-order valence-electron chi connectivity index (χ1n) is 10.6. The second-order valence-electron chi connectivity index (χ2n) is 8.20. The van der Waals surface area contributed by atoms with Crippen molar-refractivity contribution in [2.45, 2.75) is 35.4 Å². The van der Waals surface area contributed by atoms with E-state index in [9.17, 15) is 49.5 Å². The van der Waals surface area contributed by atoms with Gasteiger partial charge in [-0.2, -0.15) is 26.3 Å². The molecule has 0 radical (unpaired) electrons. The van der Waals surface area contributed by atoms with Crippen LogP contribution < -0.4 is 10.0 Å². The van der Waals surface area contributed by atoms with E-state index in [1.165, 1.54) is 32.4 Å². The van der Waals surface area contributed by atoms with E-state index in [1.54, 1.807) is 0 Å². The molecule has 0 spiro atoms. The Kier molecular flexibility index (Phi) is 7.85. The van der Waals surface area contributed by atoms with Crippen molar-refractivity contribution >= 4 is 27.5 Å². The van der Waals surface area contributed by atoms with Crippen LogP contribution in [-0.2, 0) is 36.5 Å². The lowest BCUT2D eigenvalue weighted by atomic mass is 9.92. The summed E-state index contributed by atoms with van der Waals surface area (Å²) in [5.41, 5.74) is -6.31. The van der Waals surface area contributed by atoms with Crippen LogP contribution in [0.5, 0.6) is 0 Å². The van der Waals surface area contributed by atoms with Crippen LogP contribution in [0.25, 0.3) is 0 Å². The van der Waals surface area contributed by atoms with E-state index in [2.05, 4.69) is 10.0 Å². The predicted molar refractivity (Wildman–Crippen MR) is 119 cm³/mol. The molecule has 0 aromatic heterocycles. The molecule has 1 heterocycles. The van der Waals surface area contributed by atoms with Gasteiger partial charge in [-0.1, -0.05) is 18.2 Å². The van der Waals surface area contributed by atoms with Gasteiger partial charge in [0.2, 0.25) is 15.9 Å². The topological polar surface area (TPSA) is 125 Å². The molecular weight excluding hydrogens is 548 g/mol. The van der Waals surface area contributed by atoms with Crippen molar-refractivity contribution in [3.63, 3.8) is 0 Å². The SMILES string of the molecule is CNS(=O)(=O)c1ccc2c(c1)CN(C(=O)COC)C2C(=O)Nc1ccc(C(O)(C(F)(F)F)C(F)(F)F)cc1. The largest absolute Gasteiger partial charge is 0.430 e. The zero-order valence-corrected chi connectivity index (χ0v) is 20.5. The van der Waals surface area contributed by atoms with Crippen LogP contribution in [0.15, 0.2) is 47.4 Å². The highest BCUT2D eigenvalue weighted by atomic mass is 32.2. The van der Waals surface area contributed by atoms with Gasteiger partial charge in [0.15, 0.2) is 0 Å². The van der Waals surface area contributed by atoms with Crippen LogP contribution in [0.2, 0.25) is 0 Å². The van der Waals surface area contributed by atoms with E-state index in [0.29, 0.717) is 17.7 Å². The fraction of sp³-hybridized carbons (Fsp3) is 0.364. The Morgan fingerprint density at radius 2 is 1.63 bits per heavy atom. The van der Waals surface area contributed by atoms with Crippen molar-refractivity contribution in [2.24, 2.45) is 0 Å². The smallest absolute Gasteiger partial charge is 0.375 e. The molecule has 1 aliphatic heterocycles. The highest BCUT2D eigenvalue weighted by Gasteiger charge is 2.71. The Balaban J connectivity index is 1.95. The van der Waals surface area contributed by atoms with Crippen LogP contribution >= 0.6 is 0 Å². The Morgan fingerprint density at radius 1 is 1.05 bits per heavy atom. The molecule has 2 amide bonds. The molecule has 2 aromatic carbocycles. The van der Waals surface area contributed by atoms with Crippen molar-refractivity contribution < 1.29 is 54.2 Å². The summed E-state index contributed by atoms with van der Waals surface area (Å²) < 4.78 is 110. The number of carbonyl (C=O) groups excluding carboxylic acids is 2. The minimum atomic E-state index is -6.08. The van der Waals surface area contributed by atoms with Crippen molar-refractivity contribution in [1.29, 1.82) is 0 Å². The summed E-state index contributed by atoms with van der Waals surface area (Å²) in [7, 11) is -1.42. The van der Waals surface area contributed by atoms with E-state index in [1.807, 2.05) is 0 Å². The molecule has 38 heavy (non-hydrogen) atoms. The predicted octanol–water partition coefficient (Wildman–Crippen LogP) is 2.58. The number of carbonyl (C=O) groups is 2. The lowest BCUT2D eigenvalue weighted by Crippen LogP contribution is -2.53. The van der Waals surface area contributed by atoms with E-state index in [-0.39, 0.29) is 22.7 Å². The van der Waals surface area contributed by atoms with Crippen LogP contribution in [-0.4, -0.2) is 63.4 Å². The van der Waals surface area contributed by atoms with Crippen LogP contribution in [0, 0.1) is 0 Å². The third kappa shape index (κ3) is 5.21. The molecule has 3 rings (SSSR count). The number of sulfonamides is 1. The molecule has 0 saturated carbocycles. The Hall–Kier alpha value is -3.21. The maximum Gasteiger partial charge on any atom is 0.430 e. The first-order chi connectivity index (χ1) is 17.5. The minimum Gasteiger partial charge on any atom is -0.375 e. The summed E-state index contributed by atoms with van der Waals surface area (Å²) in [4.78, 5) is 26.7. The average molecular weight is 569 g/mol. The third-order valence-electron chi connectivity index (χ3n) is 5.87. The summed E-state index contributed by atoms with van der Waals surface area (Å²) in [6, 6.07) is 4.67. The highest BCUT2D eigenvalue weighted by molar-refractivity contribution is 7.89. The van der Waals surface area contributed by atoms with Gasteiger partial charge in [0, 0.05) is 24.9 Å². The number of ether oxygens (including phenoxy) is 1. The second-order valence-corrected chi connectivity index (χ2v) is 10.1. The number of hydrogen-bond acceptors (Lipinski definition) is 6. The third-order valence-corrected chi connectivity index (χ3v) is 7.28. The fourth-order valence-corrected chi connectivity index (χ4v) is 4.71. The Bertz CT molecular complexity index is 1310. The molecule has 0 saturated heterocycles. The standard InChI is InChI=1S/C22H21F6N3O6S/c1-29-38(35,36)15-7-8-16-12(9-15)10-31(17(32)11-37-2)18(16)19(33)30-14-5-3-13(4-6-14)20(34,21(23,24)25)22(26,27)28/h3-9,18,29,34H,10-11H2,1-2H3,(H,30,33). The molecule has 0 fully saturated rings. The van der Waals surface area contributed by atoms with Gasteiger partial charge in [-0.15, -0.1) is 0 Å². The first kappa shape index (κ1) is 29.3. The molecular formula is C22H21F6N3O6S. The van der Waals surface area contributed by atoms with Gasteiger partial charge in [-0.25, -0.2) is 13.1 Å². The molecule has 3 N–H and O–H groups in total. The number of nitrogens with zero attached hydrogens (tertiary/aromatic N) is 1. The first-order valence-corrected chi connectivity index (χ1v) is 12.1. The molecule has 2 aromatic rings. The molecule has 0 bridgehead atoms. The van der Waals surface area contributed by atoms with Crippen LogP contribution in [0.3, 0.4) is 0 Å². The number of aliphatic hydroxyl groups is 1. The molecule has 1 atom stereocenters. The van der Waals surface area contributed by atoms with Crippen molar-refractivity contribution in [3.05, 3.63) is 59.2 Å². The zero-order chi connectivity index (χ0) is 28.7. The number of halogens is 6. The maximum absolute atomic E-state index is 13.1. The van der Waals surface area contributed by atoms with E-state index < -0.39 is 58.0 Å². The summed E-state index contributed by atoms with van der Waals surface area (Å²) in [5.74, 6) is -1.52. The number of hydrogen-bond donors (Lipinski definition) is 3. The molecule has 0 aliphatic carbocycles. The van der Waals surface area contributed by atoms with Crippen molar-refractivity contribution in [1.82, 2.24) is 9.62 Å². The van der Waals surface area contributed by atoms with Crippen molar-refractivity contribution in [2.75, 3.05) is 26.1 Å². The van der Waals surface area contributed by atoms with Gasteiger partial charge in [0.25, 0.3) is 11.5 Å². The zero-order valence-electron chi connectivity index (χ0n) is 19.6. The normalized spacial score (nSPS) is 16.3. The van der Waals surface area contributed by atoms with E-state index >= 15 is 0 Å². The summed E-state index contributed by atoms with van der Waals surface area (Å²) >= 11 is 0. The number of benzene rings is 2. The monoisotopic (exact) mass is 569 g/mol. The quantitative estimate of drug-likeness (QED) is 0.441. The Morgan fingerprint density at radius 3 is 2.13 bits per heavy atom. The highest BCUT2D eigenvalue weighted by Crippen LogP contribution is 2.50. The fourth-order valence-electron chi connectivity index (χ4n) is 3.93. The maximum atomic E-state index is 13.1.